The molecule has 160 valence electrons. The lowest BCUT2D eigenvalue weighted by molar-refractivity contribution is -0.121. The molecule has 1 aliphatic rings. The van der Waals surface area contributed by atoms with Crippen LogP contribution >= 0.6 is 11.6 Å². The maximum atomic E-state index is 13.0. The summed E-state index contributed by atoms with van der Waals surface area (Å²) in [6, 6.07) is 15.0. The number of halogens is 1. The molecular weight excluding hydrogens is 398 g/mol. The molecule has 5 nitrogen and oxygen atoms in total. The first-order valence-electron chi connectivity index (χ1n) is 10.4. The fraction of sp³-hybridized carbons (Fsp3) is 0.417. The van der Waals surface area contributed by atoms with Gasteiger partial charge in [-0.1, -0.05) is 41.9 Å². The number of nitrogens with one attached hydrogen (secondary N) is 2. The van der Waals surface area contributed by atoms with E-state index in [4.69, 9.17) is 11.6 Å². The van der Waals surface area contributed by atoms with Crippen molar-refractivity contribution in [1.82, 2.24) is 10.2 Å². The normalized spacial score (nSPS) is 17.4. The molecule has 1 saturated heterocycles. The summed E-state index contributed by atoms with van der Waals surface area (Å²) in [4.78, 5) is 27.9. The van der Waals surface area contributed by atoms with Crippen molar-refractivity contribution >= 4 is 29.1 Å². The van der Waals surface area contributed by atoms with E-state index in [1.54, 1.807) is 18.2 Å². The number of carbonyl (C=O) groups excluding carboxylic acids is 2. The minimum absolute atomic E-state index is 0.0464. The summed E-state index contributed by atoms with van der Waals surface area (Å²) < 4.78 is 0. The average molecular weight is 428 g/mol. The zero-order chi connectivity index (χ0) is 21.7. The number of nitrogens with zero attached hydrogens (tertiary/aromatic N) is 1. The van der Waals surface area contributed by atoms with Crippen molar-refractivity contribution < 1.29 is 9.59 Å². The SMILES string of the molecule is CC(C)(C)NC(=O)c1ccccc1NC(=O)[C@@H]1CCCN(Cc2ccccc2Cl)C1. The largest absolute Gasteiger partial charge is 0.347 e. The third kappa shape index (κ3) is 6.07. The lowest BCUT2D eigenvalue weighted by Crippen LogP contribution is -2.42. The van der Waals surface area contributed by atoms with Crippen LogP contribution in [0.2, 0.25) is 5.02 Å². The van der Waals surface area contributed by atoms with Gasteiger partial charge in [-0.2, -0.15) is 0 Å². The fourth-order valence-electron chi connectivity index (χ4n) is 3.71. The number of amides is 2. The summed E-state index contributed by atoms with van der Waals surface area (Å²) in [5.74, 6) is -0.364. The first kappa shape index (κ1) is 22.3. The second-order valence-corrected chi connectivity index (χ2v) is 9.31. The standard InChI is InChI=1S/C24H30ClN3O2/c1-24(2,3)27-23(30)19-11-5-7-13-21(19)26-22(29)18-10-8-14-28(16-18)15-17-9-4-6-12-20(17)25/h4-7,9,11-13,18H,8,10,14-16H2,1-3H3,(H,26,29)(H,27,30)/t18-/m1/s1. The van der Waals surface area contributed by atoms with Crippen LogP contribution in [0.3, 0.4) is 0 Å². The van der Waals surface area contributed by atoms with Crippen LogP contribution in [0.4, 0.5) is 5.69 Å². The first-order valence-corrected chi connectivity index (χ1v) is 10.8. The highest BCUT2D eigenvalue weighted by atomic mass is 35.5. The number of likely N-dealkylation sites (tertiary alicyclic amines) is 1. The lowest BCUT2D eigenvalue weighted by Gasteiger charge is -2.32. The summed E-state index contributed by atoms with van der Waals surface area (Å²) in [6.45, 7) is 8.14. The molecule has 1 fully saturated rings. The zero-order valence-corrected chi connectivity index (χ0v) is 18.6. The van der Waals surface area contributed by atoms with Gasteiger partial charge in [0.05, 0.1) is 17.2 Å². The molecule has 0 spiro atoms. The van der Waals surface area contributed by atoms with Gasteiger partial charge in [-0.25, -0.2) is 0 Å². The molecule has 0 unspecified atom stereocenters. The number of anilines is 1. The van der Waals surface area contributed by atoms with Gasteiger partial charge in [0.2, 0.25) is 5.91 Å². The van der Waals surface area contributed by atoms with Crippen molar-refractivity contribution in [3.63, 3.8) is 0 Å². The zero-order valence-electron chi connectivity index (χ0n) is 17.9. The van der Waals surface area contributed by atoms with Gasteiger partial charge in [0.1, 0.15) is 0 Å². The quantitative estimate of drug-likeness (QED) is 0.725. The number of para-hydroxylation sites is 1. The number of carbonyl (C=O) groups is 2. The van der Waals surface area contributed by atoms with Gasteiger partial charge < -0.3 is 10.6 Å². The van der Waals surface area contributed by atoms with Crippen LogP contribution in [0.15, 0.2) is 48.5 Å². The van der Waals surface area contributed by atoms with Crippen LogP contribution in [-0.4, -0.2) is 35.3 Å². The van der Waals surface area contributed by atoms with Gasteiger partial charge in [-0.3, -0.25) is 14.5 Å². The smallest absolute Gasteiger partial charge is 0.253 e. The Bertz CT molecular complexity index is 907. The molecule has 0 radical (unpaired) electrons. The molecule has 0 aliphatic carbocycles. The summed E-state index contributed by atoms with van der Waals surface area (Å²) in [7, 11) is 0. The van der Waals surface area contributed by atoms with Crippen molar-refractivity contribution in [3.8, 4) is 0 Å². The molecule has 2 N–H and O–H groups in total. The van der Waals surface area contributed by atoms with E-state index < -0.39 is 0 Å². The van der Waals surface area contributed by atoms with Crippen molar-refractivity contribution in [1.29, 1.82) is 0 Å². The number of hydrogen-bond acceptors (Lipinski definition) is 3. The molecule has 1 aliphatic heterocycles. The van der Waals surface area contributed by atoms with Crippen LogP contribution in [0.1, 0.15) is 49.5 Å². The minimum Gasteiger partial charge on any atom is -0.347 e. The fourth-order valence-corrected chi connectivity index (χ4v) is 3.91. The highest BCUT2D eigenvalue weighted by Gasteiger charge is 2.27. The molecule has 2 aromatic carbocycles. The second kappa shape index (κ2) is 9.63. The Labute approximate surface area is 183 Å². The van der Waals surface area contributed by atoms with E-state index in [0.717, 1.165) is 36.5 Å². The molecule has 2 amide bonds. The molecule has 1 heterocycles. The van der Waals surface area contributed by atoms with E-state index in [0.29, 0.717) is 17.8 Å². The molecule has 0 aromatic heterocycles. The van der Waals surface area contributed by atoms with E-state index in [1.807, 2.05) is 51.1 Å². The van der Waals surface area contributed by atoms with E-state index in [1.165, 1.54) is 0 Å². The van der Waals surface area contributed by atoms with E-state index in [-0.39, 0.29) is 23.3 Å². The predicted molar refractivity (Wildman–Crippen MR) is 122 cm³/mol. The third-order valence-electron chi connectivity index (χ3n) is 5.15. The monoisotopic (exact) mass is 427 g/mol. The van der Waals surface area contributed by atoms with Gasteiger partial charge in [0.15, 0.2) is 0 Å². The summed E-state index contributed by atoms with van der Waals surface area (Å²) in [5, 5.41) is 6.70. The van der Waals surface area contributed by atoms with Crippen molar-refractivity contribution in [2.24, 2.45) is 5.92 Å². The van der Waals surface area contributed by atoms with Gasteiger partial charge in [-0.15, -0.1) is 0 Å². The van der Waals surface area contributed by atoms with Gasteiger partial charge >= 0.3 is 0 Å². The van der Waals surface area contributed by atoms with Crippen molar-refractivity contribution in [2.45, 2.75) is 45.7 Å². The Balaban J connectivity index is 1.66. The molecule has 30 heavy (non-hydrogen) atoms. The topological polar surface area (TPSA) is 61.4 Å². The van der Waals surface area contributed by atoms with Crippen LogP contribution in [-0.2, 0) is 11.3 Å². The lowest BCUT2D eigenvalue weighted by atomic mass is 9.96. The van der Waals surface area contributed by atoms with E-state index in [2.05, 4.69) is 15.5 Å². The third-order valence-corrected chi connectivity index (χ3v) is 5.51. The Kier molecular flexibility index (Phi) is 7.16. The summed E-state index contributed by atoms with van der Waals surface area (Å²) in [5.41, 5.74) is 1.75. The summed E-state index contributed by atoms with van der Waals surface area (Å²) >= 11 is 6.30. The highest BCUT2D eigenvalue weighted by Crippen LogP contribution is 2.24. The highest BCUT2D eigenvalue weighted by molar-refractivity contribution is 6.31. The maximum Gasteiger partial charge on any atom is 0.253 e. The second-order valence-electron chi connectivity index (χ2n) is 8.90. The van der Waals surface area contributed by atoms with E-state index >= 15 is 0 Å². The van der Waals surface area contributed by atoms with Crippen LogP contribution in [0.25, 0.3) is 0 Å². The van der Waals surface area contributed by atoms with Gasteiger partial charge in [0.25, 0.3) is 5.91 Å². The molecule has 1 atom stereocenters. The molecule has 6 heteroatoms. The number of piperidine rings is 1. The molecular formula is C24H30ClN3O2. The molecule has 0 saturated carbocycles. The predicted octanol–water partition coefficient (Wildman–Crippen LogP) is 4.72. The molecule has 2 aromatic rings. The van der Waals surface area contributed by atoms with Crippen LogP contribution < -0.4 is 10.6 Å². The Hall–Kier alpha value is -2.37. The average Bonchev–Trinajstić information content (AvgIpc) is 2.69. The molecule has 3 rings (SSSR count). The number of benzene rings is 2. The Morgan fingerprint density at radius 1 is 1.10 bits per heavy atom. The maximum absolute atomic E-state index is 13.0. The Morgan fingerprint density at radius 3 is 2.53 bits per heavy atom. The van der Waals surface area contributed by atoms with Gasteiger partial charge in [-0.05, 0) is 63.9 Å². The van der Waals surface area contributed by atoms with Crippen molar-refractivity contribution in [2.75, 3.05) is 18.4 Å². The van der Waals surface area contributed by atoms with Crippen molar-refractivity contribution in [3.05, 3.63) is 64.7 Å². The van der Waals surface area contributed by atoms with E-state index in [9.17, 15) is 9.59 Å². The Morgan fingerprint density at radius 2 is 1.80 bits per heavy atom. The van der Waals surface area contributed by atoms with Crippen LogP contribution in [0, 0.1) is 5.92 Å². The van der Waals surface area contributed by atoms with Crippen LogP contribution in [0.5, 0.6) is 0 Å². The molecule has 0 bridgehead atoms. The van der Waals surface area contributed by atoms with Gasteiger partial charge in [0, 0.05) is 23.7 Å². The summed E-state index contributed by atoms with van der Waals surface area (Å²) in [6.07, 6.45) is 1.79. The minimum atomic E-state index is -0.350. The first-order chi connectivity index (χ1) is 14.2. The number of rotatable bonds is 5. The number of hydrogen-bond donors (Lipinski definition) is 2.